The van der Waals surface area contributed by atoms with Gasteiger partial charge >= 0.3 is 0 Å². The first-order valence-electron chi connectivity index (χ1n) is 2.75. The summed E-state index contributed by atoms with van der Waals surface area (Å²) in [6.45, 7) is 0.919. The summed E-state index contributed by atoms with van der Waals surface area (Å²) in [6, 6.07) is 0. The highest BCUT2D eigenvalue weighted by molar-refractivity contribution is 6.08. The van der Waals surface area contributed by atoms with Crippen molar-refractivity contribution in [2.45, 2.75) is 25.3 Å². The maximum Gasteiger partial charge on any atom is 0.0688 e. The van der Waals surface area contributed by atoms with Gasteiger partial charge in [-0.25, -0.2) is 0 Å². The standard InChI is InChI=1S/C5H9BO/c6-4-5-2-1-3-7-5/h5H,1-4H2. The fourth-order valence-electron chi connectivity index (χ4n) is 0.830. The lowest BCUT2D eigenvalue weighted by Crippen LogP contribution is -2.01. The van der Waals surface area contributed by atoms with Crippen LogP contribution >= 0.6 is 0 Å². The van der Waals surface area contributed by atoms with Gasteiger partial charge < -0.3 is 4.74 Å². The molecule has 0 spiro atoms. The van der Waals surface area contributed by atoms with Crippen molar-refractivity contribution in [2.24, 2.45) is 0 Å². The summed E-state index contributed by atoms with van der Waals surface area (Å²) < 4.78 is 5.18. The maximum atomic E-state index is 5.31. The predicted octanol–water partition coefficient (Wildman–Crippen LogP) is 0.752. The van der Waals surface area contributed by atoms with E-state index in [4.69, 9.17) is 12.6 Å². The summed E-state index contributed by atoms with van der Waals surface area (Å²) in [5.41, 5.74) is 0. The number of ether oxygens (including phenoxy) is 1. The Labute approximate surface area is 45.5 Å². The van der Waals surface area contributed by atoms with Crippen molar-refractivity contribution in [1.82, 2.24) is 0 Å². The SMILES string of the molecule is [B]CC1CCCO1. The van der Waals surface area contributed by atoms with Gasteiger partial charge in [0.2, 0.25) is 0 Å². The number of hydrogen-bond donors (Lipinski definition) is 0. The van der Waals surface area contributed by atoms with Crippen molar-refractivity contribution >= 4 is 7.85 Å². The van der Waals surface area contributed by atoms with E-state index in [2.05, 4.69) is 0 Å². The molecule has 2 heteroatoms. The third-order valence-corrected chi connectivity index (χ3v) is 1.29. The van der Waals surface area contributed by atoms with Crippen LogP contribution in [0.25, 0.3) is 0 Å². The topological polar surface area (TPSA) is 9.23 Å². The van der Waals surface area contributed by atoms with Crippen LogP contribution in [0, 0.1) is 0 Å². The lowest BCUT2D eigenvalue weighted by molar-refractivity contribution is 0.126. The second kappa shape index (κ2) is 2.36. The van der Waals surface area contributed by atoms with Crippen molar-refractivity contribution in [3.63, 3.8) is 0 Å². The fraction of sp³-hybridized carbons (Fsp3) is 1.00. The second-order valence-electron chi connectivity index (χ2n) is 1.87. The normalized spacial score (nSPS) is 31.1. The Morgan fingerprint density at radius 2 is 2.57 bits per heavy atom. The molecule has 0 amide bonds. The van der Waals surface area contributed by atoms with E-state index in [1.165, 1.54) is 6.42 Å². The van der Waals surface area contributed by atoms with Gasteiger partial charge in [0, 0.05) is 12.7 Å². The quantitative estimate of drug-likeness (QED) is 0.437. The molecule has 1 nitrogen and oxygen atoms in total. The molecular formula is C5H9BO. The van der Waals surface area contributed by atoms with Crippen LogP contribution in [0.15, 0.2) is 0 Å². The highest BCUT2D eigenvalue weighted by atomic mass is 16.5. The molecule has 0 aliphatic carbocycles. The Bertz CT molecular complexity index is 50.0. The average Bonchev–Trinajstić information content (AvgIpc) is 2.14. The molecular weight excluding hydrogens is 86.9 g/mol. The van der Waals surface area contributed by atoms with Crippen molar-refractivity contribution in [3.05, 3.63) is 0 Å². The minimum absolute atomic E-state index is 0.375. The Morgan fingerprint density at radius 1 is 1.71 bits per heavy atom. The minimum atomic E-state index is 0.375. The van der Waals surface area contributed by atoms with Crippen LogP contribution in [0.4, 0.5) is 0 Å². The molecule has 0 aromatic carbocycles. The van der Waals surface area contributed by atoms with E-state index in [-0.39, 0.29) is 0 Å². The van der Waals surface area contributed by atoms with Crippen molar-refractivity contribution in [1.29, 1.82) is 0 Å². The summed E-state index contributed by atoms with van der Waals surface area (Å²) >= 11 is 0. The van der Waals surface area contributed by atoms with Gasteiger partial charge in [0.05, 0.1) is 7.85 Å². The molecule has 1 fully saturated rings. The zero-order valence-electron chi connectivity index (χ0n) is 4.39. The van der Waals surface area contributed by atoms with Gasteiger partial charge in [-0.3, -0.25) is 0 Å². The molecule has 1 aliphatic heterocycles. The maximum absolute atomic E-state index is 5.31. The molecule has 2 radical (unpaired) electrons. The molecule has 38 valence electrons. The van der Waals surface area contributed by atoms with Crippen LogP contribution in [0.2, 0.25) is 6.32 Å². The first-order valence-corrected chi connectivity index (χ1v) is 2.75. The van der Waals surface area contributed by atoms with E-state index >= 15 is 0 Å². The van der Waals surface area contributed by atoms with E-state index in [1.54, 1.807) is 0 Å². The smallest absolute Gasteiger partial charge is 0.0688 e. The third kappa shape index (κ3) is 1.20. The van der Waals surface area contributed by atoms with Crippen LogP contribution in [0.5, 0.6) is 0 Å². The summed E-state index contributed by atoms with van der Waals surface area (Å²) in [5.74, 6) is 0. The average molecular weight is 95.9 g/mol. The first kappa shape index (κ1) is 5.17. The first-order chi connectivity index (χ1) is 3.43. The Morgan fingerprint density at radius 3 is 2.86 bits per heavy atom. The van der Waals surface area contributed by atoms with E-state index in [9.17, 15) is 0 Å². The molecule has 7 heavy (non-hydrogen) atoms. The summed E-state index contributed by atoms with van der Waals surface area (Å²) in [4.78, 5) is 0. The molecule has 0 aromatic rings. The van der Waals surface area contributed by atoms with Crippen LogP contribution in [-0.2, 0) is 4.74 Å². The van der Waals surface area contributed by atoms with Gasteiger partial charge in [-0.15, -0.1) is 0 Å². The van der Waals surface area contributed by atoms with E-state index < -0.39 is 0 Å². The highest BCUT2D eigenvalue weighted by Crippen LogP contribution is 2.13. The zero-order valence-corrected chi connectivity index (χ0v) is 4.39. The molecule has 0 aromatic heterocycles. The summed E-state index contributed by atoms with van der Waals surface area (Å²) in [7, 11) is 5.31. The van der Waals surface area contributed by atoms with Gasteiger partial charge in [0.1, 0.15) is 0 Å². The van der Waals surface area contributed by atoms with Crippen molar-refractivity contribution < 1.29 is 4.74 Å². The second-order valence-corrected chi connectivity index (χ2v) is 1.87. The minimum Gasteiger partial charge on any atom is -0.379 e. The molecule has 0 saturated carbocycles. The van der Waals surface area contributed by atoms with E-state index in [0.29, 0.717) is 12.4 Å². The predicted molar refractivity (Wildman–Crippen MR) is 29.5 cm³/mol. The monoisotopic (exact) mass is 96.1 g/mol. The van der Waals surface area contributed by atoms with Gasteiger partial charge in [0.25, 0.3) is 0 Å². The molecule has 1 atom stereocenters. The third-order valence-electron chi connectivity index (χ3n) is 1.29. The Hall–Kier alpha value is 0.0249. The highest BCUT2D eigenvalue weighted by Gasteiger charge is 2.11. The lowest BCUT2D eigenvalue weighted by atomic mass is 9.98. The molecule has 0 bridgehead atoms. The lowest BCUT2D eigenvalue weighted by Gasteiger charge is -2.01. The summed E-state index contributed by atoms with van der Waals surface area (Å²) in [5, 5.41) is 0. The summed E-state index contributed by atoms with van der Waals surface area (Å²) in [6.07, 6.45) is 3.43. The number of rotatable bonds is 1. The largest absolute Gasteiger partial charge is 0.379 e. The van der Waals surface area contributed by atoms with Crippen molar-refractivity contribution in [3.8, 4) is 0 Å². The van der Waals surface area contributed by atoms with Crippen LogP contribution in [0.1, 0.15) is 12.8 Å². The van der Waals surface area contributed by atoms with E-state index in [0.717, 1.165) is 13.0 Å². The van der Waals surface area contributed by atoms with Gasteiger partial charge in [-0.05, 0) is 12.8 Å². The van der Waals surface area contributed by atoms with E-state index in [1.807, 2.05) is 0 Å². The van der Waals surface area contributed by atoms with Crippen LogP contribution < -0.4 is 0 Å². The molecule has 1 unspecified atom stereocenters. The van der Waals surface area contributed by atoms with Gasteiger partial charge in [-0.1, -0.05) is 6.32 Å². The van der Waals surface area contributed by atoms with Crippen LogP contribution in [-0.4, -0.2) is 20.6 Å². The Balaban J connectivity index is 2.14. The molecule has 1 heterocycles. The molecule has 0 N–H and O–H groups in total. The molecule has 1 aliphatic rings. The number of hydrogen-bond acceptors (Lipinski definition) is 1. The molecule has 1 saturated heterocycles. The Kier molecular flexibility index (Phi) is 1.74. The van der Waals surface area contributed by atoms with Crippen molar-refractivity contribution in [2.75, 3.05) is 6.61 Å². The van der Waals surface area contributed by atoms with Gasteiger partial charge in [-0.2, -0.15) is 0 Å². The fourth-order valence-corrected chi connectivity index (χ4v) is 0.830. The van der Waals surface area contributed by atoms with Gasteiger partial charge in [0.15, 0.2) is 0 Å². The zero-order chi connectivity index (χ0) is 5.11. The van der Waals surface area contributed by atoms with Crippen LogP contribution in [0.3, 0.4) is 0 Å². The molecule has 1 rings (SSSR count).